The van der Waals surface area contributed by atoms with Crippen LogP contribution in [0.4, 0.5) is 17.3 Å². The number of nitrogens with zero attached hydrogens (tertiary/aromatic N) is 3. The van der Waals surface area contributed by atoms with Crippen molar-refractivity contribution < 1.29 is 4.79 Å². The van der Waals surface area contributed by atoms with E-state index in [1.54, 1.807) is 17.6 Å². The van der Waals surface area contributed by atoms with Crippen molar-refractivity contribution in [3.63, 3.8) is 0 Å². The minimum atomic E-state index is -0.718. The van der Waals surface area contributed by atoms with E-state index in [0.717, 1.165) is 18.5 Å². The van der Waals surface area contributed by atoms with Gasteiger partial charge in [0.2, 0.25) is 0 Å². The minimum absolute atomic E-state index is 0.211. The highest BCUT2D eigenvalue weighted by molar-refractivity contribution is 5.97. The van der Waals surface area contributed by atoms with Gasteiger partial charge in [-0.25, -0.2) is 9.97 Å². The number of amides is 1. The van der Waals surface area contributed by atoms with Crippen LogP contribution in [-0.2, 0) is 5.66 Å². The van der Waals surface area contributed by atoms with Gasteiger partial charge in [0.15, 0.2) is 0 Å². The van der Waals surface area contributed by atoms with E-state index in [0.29, 0.717) is 41.5 Å². The summed E-state index contributed by atoms with van der Waals surface area (Å²) in [6.45, 7) is 5.01. The normalized spacial score (nSPS) is 21.5. The molecule has 0 radical (unpaired) electrons. The van der Waals surface area contributed by atoms with Crippen LogP contribution in [-0.4, -0.2) is 33.5 Å². The Balaban J connectivity index is 1.86. The van der Waals surface area contributed by atoms with Crippen molar-refractivity contribution in [3.8, 4) is 0 Å². The van der Waals surface area contributed by atoms with E-state index < -0.39 is 5.66 Å². The van der Waals surface area contributed by atoms with Gasteiger partial charge in [-0.05, 0) is 44.9 Å². The smallest absolute Gasteiger partial charge is 0.276 e. The minimum Gasteiger partial charge on any atom is -0.383 e. The van der Waals surface area contributed by atoms with E-state index in [-0.39, 0.29) is 11.5 Å². The van der Waals surface area contributed by atoms with Crippen LogP contribution >= 0.6 is 0 Å². The molecular formula is C17H21N7O2. The Morgan fingerprint density at radius 3 is 2.85 bits per heavy atom. The van der Waals surface area contributed by atoms with E-state index in [2.05, 4.69) is 25.9 Å². The van der Waals surface area contributed by atoms with E-state index >= 15 is 0 Å². The number of hydrogen-bond acceptors (Lipinski definition) is 7. The fourth-order valence-corrected chi connectivity index (χ4v) is 3.75. The molecule has 1 unspecified atom stereocenters. The number of carbonyl (C=O) groups is 1. The molecule has 26 heavy (non-hydrogen) atoms. The van der Waals surface area contributed by atoms with Crippen molar-refractivity contribution in [2.75, 3.05) is 24.1 Å². The molecule has 0 bridgehead atoms. The summed E-state index contributed by atoms with van der Waals surface area (Å²) in [6.07, 6.45) is 2.94. The average molecular weight is 355 g/mol. The van der Waals surface area contributed by atoms with E-state index in [1.807, 2.05) is 6.92 Å². The molecule has 1 fully saturated rings. The molecule has 1 atom stereocenters. The molecule has 5 N–H and O–H groups in total. The Labute approximate surface area is 150 Å². The number of hydrogen-bond donors (Lipinski definition) is 4. The van der Waals surface area contributed by atoms with Gasteiger partial charge in [-0.2, -0.15) is 0 Å². The van der Waals surface area contributed by atoms with Crippen molar-refractivity contribution in [3.05, 3.63) is 39.6 Å². The first-order valence-corrected chi connectivity index (χ1v) is 8.57. The van der Waals surface area contributed by atoms with Gasteiger partial charge in [0.05, 0.1) is 0 Å². The van der Waals surface area contributed by atoms with Crippen LogP contribution in [0.15, 0.2) is 17.2 Å². The molecule has 2 aromatic heterocycles. The van der Waals surface area contributed by atoms with Crippen LogP contribution < -0.4 is 27.2 Å². The molecule has 1 amide bonds. The first-order chi connectivity index (χ1) is 12.4. The number of nitrogens with two attached hydrogens (primary N) is 1. The third-order valence-corrected chi connectivity index (χ3v) is 5.12. The molecule has 9 nitrogen and oxygen atoms in total. The Morgan fingerprint density at radius 1 is 1.31 bits per heavy atom. The molecule has 9 heteroatoms. The van der Waals surface area contributed by atoms with Gasteiger partial charge >= 0.3 is 0 Å². The summed E-state index contributed by atoms with van der Waals surface area (Å²) in [5, 5.41) is 9.36. The largest absolute Gasteiger partial charge is 0.383 e. The summed E-state index contributed by atoms with van der Waals surface area (Å²) < 4.78 is 1.60. The molecule has 0 aliphatic carbocycles. The van der Waals surface area contributed by atoms with E-state index in [1.165, 1.54) is 6.33 Å². The number of aromatic nitrogens is 3. The molecule has 2 aliphatic rings. The quantitative estimate of drug-likeness (QED) is 0.612. The number of anilines is 3. The summed E-state index contributed by atoms with van der Waals surface area (Å²) in [4.78, 5) is 33.9. The van der Waals surface area contributed by atoms with Crippen LogP contribution in [0.2, 0.25) is 0 Å². The van der Waals surface area contributed by atoms with Gasteiger partial charge in [-0.1, -0.05) is 0 Å². The predicted octanol–water partition coefficient (Wildman–Crippen LogP) is 0.361. The van der Waals surface area contributed by atoms with Gasteiger partial charge in [0.25, 0.3) is 11.5 Å². The number of aryl methyl sites for hydroxylation is 1. The SMILES string of the molecule is Cc1cc(Nc2ncnc(N)c2C)c(=O)n2c1C(=O)NC21CCCNC1. The number of piperidine rings is 1. The second-order valence-corrected chi connectivity index (χ2v) is 6.85. The van der Waals surface area contributed by atoms with Gasteiger partial charge in [0, 0.05) is 12.1 Å². The first-order valence-electron chi connectivity index (χ1n) is 8.57. The fourth-order valence-electron chi connectivity index (χ4n) is 3.75. The van der Waals surface area contributed by atoms with Crippen LogP contribution in [0.5, 0.6) is 0 Å². The first kappa shape index (κ1) is 16.5. The summed E-state index contributed by atoms with van der Waals surface area (Å²) in [7, 11) is 0. The second kappa shape index (κ2) is 5.80. The summed E-state index contributed by atoms with van der Waals surface area (Å²) >= 11 is 0. The maximum absolute atomic E-state index is 13.2. The second-order valence-electron chi connectivity index (χ2n) is 6.85. The van der Waals surface area contributed by atoms with Crippen molar-refractivity contribution in [2.24, 2.45) is 0 Å². The number of nitrogen functional groups attached to an aromatic ring is 1. The molecule has 1 saturated heterocycles. The number of pyridine rings is 1. The molecule has 0 aromatic carbocycles. The molecule has 4 rings (SSSR count). The van der Waals surface area contributed by atoms with E-state index in [9.17, 15) is 9.59 Å². The number of fused-ring (bicyclic) bond motifs is 2. The lowest BCUT2D eigenvalue weighted by atomic mass is 10.00. The average Bonchev–Trinajstić information content (AvgIpc) is 2.89. The third kappa shape index (κ3) is 2.35. The van der Waals surface area contributed by atoms with Crippen LogP contribution in [0.25, 0.3) is 0 Å². The number of carbonyl (C=O) groups excluding carboxylic acids is 1. The van der Waals surface area contributed by atoms with Gasteiger partial charge < -0.3 is 21.7 Å². The predicted molar refractivity (Wildman–Crippen MR) is 97.4 cm³/mol. The Hall–Kier alpha value is -2.94. The van der Waals surface area contributed by atoms with Crippen LogP contribution in [0.3, 0.4) is 0 Å². The zero-order valence-corrected chi connectivity index (χ0v) is 14.7. The zero-order valence-electron chi connectivity index (χ0n) is 14.7. The van der Waals surface area contributed by atoms with Crippen LogP contribution in [0.1, 0.15) is 34.5 Å². The van der Waals surface area contributed by atoms with Crippen molar-refractivity contribution in [1.29, 1.82) is 0 Å². The lowest BCUT2D eigenvalue weighted by Crippen LogP contribution is -2.56. The Bertz CT molecular complexity index is 960. The Kier molecular flexibility index (Phi) is 3.69. The topological polar surface area (TPSA) is 127 Å². The van der Waals surface area contributed by atoms with E-state index in [4.69, 9.17) is 5.73 Å². The molecular weight excluding hydrogens is 334 g/mol. The molecule has 1 spiro atoms. The van der Waals surface area contributed by atoms with Crippen molar-refractivity contribution in [2.45, 2.75) is 32.4 Å². The number of rotatable bonds is 2. The van der Waals surface area contributed by atoms with Gasteiger partial charge in [0.1, 0.15) is 35.0 Å². The lowest BCUT2D eigenvalue weighted by molar-refractivity contribution is 0.0892. The van der Waals surface area contributed by atoms with Crippen LogP contribution in [0, 0.1) is 13.8 Å². The summed E-state index contributed by atoms with van der Waals surface area (Å²) in [5.74, 6) is 0.616. The molecule has 136 valence electrons. The highest BCUT2D eigenvalue weighted by Crippen LogP contribution is 2.31. The molecule has 0 saturated carbocycles. The monoisotopic (exact) mass is 355 g/mol. The summed E-state index contributed by atoms with van der Waals surface area (Å²) in [5.41, 5.74) is 7.02. The van der Waals surface area contributed by atoms with Gasteiger partial charge in [-0.3, -0.25) is 14.2 Å². The third-order valence-electron chi connectivity index (χ3n) is 5.12. The Morgan fingerprint density at radius 2 is 2.12 bits per heavy atom. The van der Waals surface area contributed by atoms with Crippen molar-refractivity contribution >= 4 is 23.2 Å². The van der Waals surface area contributed by atoms with Gasteiger partial charge in [-0.15, -0.1) is 0 Å². The maximum atomic E-state index is 13.2. The maximum Gasteiger partial charge on any atom is 0.276 e. The fraction of sp³-hybridized carbons (Fsp3) is 0.412. The zero-order chi connectivity index (χ0) is 18.5. The summed E-state index contributed by atoms with van der Waals surface area (Å²) in [6, 6.07) is 1.68. The highest BCUT2D eigenvalue weighted by Gasteiger charge is 2.45. The lowest BCUT2D eigenvalue weighted by Gasteiger charge is -2.35. The molecule has 2 aromatic rings. The molecule has 4 heterocycles. The highest BCUT2D eigenvalue weighted by atomic mass is 16.2. The molecule has 2 aliphatic heterocycles. The number of nitrogens with one attached hydrogen (secondary N) is 3. The van der Waals surface area contributed by atoms with Crippen molar-refractivity contribution in [1.82, 2.24) is 25.2 Å². The standard InChI is InChI=1S/C17H21N7O2/c1-9-6-11(22-14-10(2)13(18)20-8-21-14)16(26)24-12(9)15(25)23-17(24)4-3-5-19-7-17/h6,8,19H,3-5,7H2,1-2H3,(H,23,25)(H3,18,20,21,22).